The molecule has 2 N–H and O–H groups in total. The maximum Gasteiger partial charge on any atom is 0.249 e. The summed E-state index contributed by atoms with van der Waals surface area (Å²) < 4.78 is 5.49. The SMILES string of the molecule is CCCCOC(C)C(=O)NC1CCCNC1C. The fraction of sp³-hybridized carbons (Fsp3) is 0.923. The third-order valence-electron chi connectivity index (χ3n) is 3.32. The Labute approximate surface area is 104 Å². The second-order valence-corrected chi connectivity index (χ2v) is 4.87. The molecule has 1 amide bonds. The van der Waals surface area contributed by atoms with Crippen molar-refractivity contribution >= 4 is 5.91 Å². The summed E-state index contributed by atoms with van der Waals surface area (Å²) in [6.45, 7) is 7.78. The highest BCUT2D eigenvalue weighted by molar-refractivity contribution is 5.80. The highest BCUT2D eigenvalue weighted by atomic mass is 16.5. The van der Waals surface area contributed by atoms with Crippen molar-refractivity contribution in [3.8, 4) is 0 Å². The Kier molecular flexibility index (Phi) is 6.52. The number of hydrogen-bond donors (Lipinski definition) is 2. The van der Waals surface area contributed by atoms with Crippen molar-refractivity contribution in [2.24, 2.45) is 0 Å². The van der Waals surface area contributed by atoms with Crippen LogP contribution in [0.4, 0.5) is 0 Å². The molecule has 4 nitrogen and oxygen atoms in total. The number of hydrogen-bond acceptors (Lipinski definition) is 3. The van der Waals surface area contributed by atoms with Gasteiger partial charge in [0.2, 0.25) is 5.91 Å². The number of carbonyl (C=O) groups excluding carboxylic acids is 1. The van der Waals surface area contributed by atoms with E-state index < -0.39 is 0 Å². The number of amides is 1. The molecule has 1 aliphatic heterocycles. The van der Waals surface area contributed by atoms with E-state index in [4.69, 9.17) is 4.74 Å². The first-order valence-electron chi connectivity index (χ1n) is 6.80. The molecule has 1 rings (SSSR count). The van der Waals surface area contributed by atoms with Crippen LogP contribution in [0.5, 0.6) is 0 Å². The van der Waals surface area contributed by atoms with Crippen LogP contribution in [0.25, 0.3) is 0 Å². The number of ether oxygens (including phenoxy) is 1. The van der Waals surface area contributed by atoms with Crippen molar-refractivity contribution in [3.05, 3.63) is 0 Å². The minimum atomic E-state index is -0.337. The van der Waals surface area contributed by atoms with Crippen LogP contribution in [-0.4, -0.2) is 37.2 Å². The molecule has 0 aromatic carbocycles. The van der Waals surface area contributed by atoms with E-state index in [1.54, 1.807) is 0 Å². The van der Waals surface area contributed by atoms with Crippen molar-refractivity contribution in [3.63, 3.8) is 0 Å². The van der Waals surface area contributed by atoms with Crippen molar-refractivity contribution in [2.75, 3.05) is 13.2 Å². The third kappa shape index (κ3) is 5.04. The first-order valence-corrected chi connectivity index (χ1v) is 6.80. The molecule has 0 bridgehead atoms. The van der Waals surface area contributed by atoms with Gasteiger partial charge in [0.25, 0.3) is 0 Å². The van der Waals surface area contributed by atoms with Crippen LogP contribution in [0.15, 0.2) is 0 Å². The maximum absolute atomic E-state index is 11.9. The third-order valence-corrected chi connectivity index (χ3v) is 3.32. The molecule has 0 radical (unpaired) electrons. The molecule has 17 heavy (non-hydrogen) atoms. The molecule has 1 fully saturated rings. The van der Waals surface area contributed by atoms with Gasteiger partial charge >= 0.3 is 0 Å². The highest BCUT2D eigenvalue weighted by Gasteiger charge is 2.24. The van der Waals surface area contributed by atoms with Gasteiger partial charge in [0.15, 0.2) is 0 Å². The maximum atomic E-state index is 11.9. The van der Waals surface area contributed by atoms with Gasteiger partial charge in [-0.1, -0.05) is 13.3 Å². The monoisotopic (exact) mass is 242 g/mol. The second kappa shape index (κ2) is 7.67. The first-order chi connectivity index (χ1) is 8.15. The number of unbranched alkanes of at least 4 members (excludes halogenated alkanes) is 1. The van der Waals surface area contributed by atoms with Gasteiger partial charge in [-0.15, -0.1) is 0 Å². The zero-order chi connectivity index (χ0) is 12.7. The zero-order valence-corrected chi connectivity index (χ0v) is 11.3. The lowest BCUT2D eigenvalue weighted by atomic mass is 10.00. The molecule has 100 valence electrons. The van der Waals surface area contributed by atoms with E-state index in [0.29, 0.717) is 12.6 Å². The Balaban J connectivity index is 2.26. The van der Waals surface area contributed by atoms with Crippen molar-refractivity contribution in [2.45, 2.75) is 64.6 Å². The summed E-state index contributed by atoms with van der Waals surface area (Å²) in [5, 5.41) is 6.44. The van der Waals surface area contributed by atoms with Gasteiger partial charge in [-0.05, 0) is 39.7 Å². The standard InChI is InChI=1S/C13H26N2O2/c1-4-5-9-17-11(3)13(16)15-12-7-6-8-14-10(12)2/h10-12,14H,4-9H2,1-3H3,(H,15,16). The molecule has 0 aromatic heterocycles. The molecule has 0 aromatic rings. The average Bonchev–Trinajstić information content (AvgIpc) is 2.32. The predicted octanol–water partition coefficient (Wildman–Crippen LogP) is 1.45. The summed E-state index contributed by atoms with van der Waals surface area (Å²) in [4.78, 5) is 11.9. The summed E-state index contributed by atoms with van der Waals surface area (Å²) in [6.07, 6.45) is 3.95. The fourth-order valence-corrected chi connectivity index (χ4v) is 2.02. The van der Waals surface area contributed by atoms with E-state index in [9.17, 15) is 4.79 Å². The van der Waals surface area contributed by atoms with Crippen LogP contribution >= 0.6 is 0 Å². The Bertz CT molecular complexity index is 233. The minimum absolute atomic E-state index is 0.0154. The first kappa shape index (κ1) is 14.5. The normalized spacial score (nSPS) is 26.5. The summed E-state index contributed by atoms with van der Waals surface area (Å²) in [5.74, 6) is 0.0154. The predicted molar refractivity (Wildman–Crippen MR) is 69.0 cm³/mol. The van der Waals surface area contributed by atoms with E-state index in [0.717, 1.165) is 32.2 Å². The smallest absolute Gasteiger partial charge is 0.249 e. The average molecular weight is 242 g/mol. The second-order valence-electron chi connectivity index (χ2n) is 4.87. The van der Waals surface area contributed by atoms with Crippen molar-refractivity contribution < 1.29 is 9.53 Å². The van der Waals surface area contributed by atoms with E-state index in [-0.39, 0.29) is 18.1 Å². The summed E-state index contributed by atoms with van der Waals surface area (Å²) in [7, 11) is 0. The van der Waals surface area contributed by atoms with E-state index in [1.807, 2.05) is 6.92 Å². The van der Waals surface area contributed by atoms with Crippen LogP contribution in [0.1, 0.15) is 46.5 Å². The lowest BCUT2D eigenvalue weighted by molar-refractivity contribution is -0.132. The Morgan fingerprint density at radius 2 is 2.35 bits per heavy atom. The number of nitrogens with one attached hydrogen (secondary N) is 2. The van der Waals surface area contributed by atoms with Gasteiger partial charge in [0.1, 0.15) is 6.10 Å². The van der Waals surface area contributed by atoms with Crippen LogP contribution in [0.2, 0.25) is 0 Å². The lowest BCUT2D eigenvalue weighted by Gasteiger charge is -2.31. The van der Waals surface area contributed by atoms with Gasteiger partial charge in [-0.25, -0.2) is 0 Å². The molecule has 0 saturated carbocycles. The number of piperidine rings is 1. The van der Waals surface area contributed by atoms with Gasteiger partial charge in [0, 0.05) is 18.7 Å². The molecule has 1 saturated heterocycles. The van der Waals surface area contributed by atoms with Crippen LogP contribution in [-0.2, 0) is 9.53 Å². The summed E-state index contributed by atoms with van der Waals surface area (Å²) in [5.41, 5.74) is 0. The van der Waals surface area contributed by atoms with E-state index in [2.05, 4.69) is 24.5 Å². The van der Waals surface area contributed by atoms with Crippen molar-refractivity contribution in [1.29, 1.82) is 0 Å². The molecular formula is C13H26N2O2. The molecule has 4 heteroatoms. The topological polar surface area (TPSA) is 50.4 Å². The molecule has 0 spiro atoms. The Morgan fingerprint density at radius 3 is 3.00 bits per heavy atom. The van der Waals surface area contributed by atoms with Gasteiger partial charge in [0.05, 0.1) is 0 Å². The highest BCUT2D eigenvalue weighted by Crippen LogP contribution is 2.08. The molecule has 1 aliphatic rings. The summed E-state index contributed by atoms with van der Waals surface area (Å²) >= 11 is 0. The van der Waals surface area contributed by atoms with Crippen molar-refractivity contribution in [1.82, 2.24) is 10.6 Å². The minimum Gasteiger partial charge on any atom is -0.369 e. The van der Waals surface area contributed by atoms with E-state index in [1.165, 1.54) is 0 Å². The molecule has 3 atom stereocenters. The van der Waals surface area contributed by atoms with Crippen LogP contribution in [0.3, 0.4) is 0 Å². The quantitative estimate of drug-likeness (QED) is 0.693. The molecule has 3 unspecified atom stereocenters. The van der Waals surface area contributed by atoms with Crippen LogP contribution < -0.4 is 10.6 Å². The largest absolute Gasteiger partial charge is 0.369 e. The summed E-state index contributed by atoms with van der Waals surface area (Å²) in [6, 6.07) is 0.601. The van der Waals surface area contributed by atoms with E-state index >= 15 is 0 Å². The molecule has 0 aliphatic carbocycles. The van der Waals surface area contributed by atoms with Gasteiger partial charge < -0.3 is 15.4 Å². The number of carbonyl (C=O) groups is 1. The molecule has 1 heterocycles. The molecular weight excluding hydrogens is 216 g/mol. The van der Waals surface area contributed by atoms with Gasteiger partial charge in [-0.2, -0.15) is 0 Å². The lowest BCUT2D eigenvalue weighted by Crippen LogP contribution is -2.53. The zero-order valence-electron chi connectivity index (χ0n) is 11.3. The Morgan fingerprint density at radius 1 is 1.59 bits per heavy atom. The fourth-order valence-electron chi connectivity index (χ4n) is 2.02. The number of rotatable bonds is 6. The van der Waals surface area contributed by atoms with Crippen LogP contribution in [0, 0.1) is 0 Å². The van der Waals surface area contributed by atoms with Gasteiger partial charge in [-0.3, -0.25) is 4.79 Å². The Hall–Kier alpha value is -0.610.